The van der Waals surface area contributed by atoms with Gasteiger partial charge in [0.2, 0.25) is 11.8 Å². The number of guanidine groups is 1. The Morgan fingerprint density at radius 3 is 2.89 bits per heavy atom. The van der Waals surface area contributed by atoms with Crippen molar-refractivity contribution in [3.8, 4) is 5.88 Å². The van der Waals surface area contributed by atoms with Crippen LogP contribution in [0.1, 0.15) is 25.0 Å². The number of pyridine rings is 1. The Labute approximate surface area is 204 Å². The van der Waals surface area contributed by atoms with Gasteiger partial charge in [0.15, 0.2) is 12.0 Å². The molecule has 0 bridgehead atoms. The smallest absolute Gasteiger partial charge is 0.274 e. The SMILES string of the molecule is CC(C)N1C(=O)C2=CNC(Nc3ccc4c(c3)CCNC4)=NC2N1c1cccc(OC2COC2)n1. The number of fused-ring (bicyclic) bond motifs is 2. The molecule has 2 saturated heterocycles. The minimum Gasteiger partial charge on any atom is -0.469 e. The number of nitrogens with zero attached hydrogens (tertiary/aromatic N) is 4. The van der Waals surface area contributed by atoms with Gasteiger partial charge >= 0.3 is 0 Å². The molecular weight excluding hydrogens is 446 g/mol. The number of hydrazine groups is 1. The van der Waals surface area contributed by atoms with Gasteiger partial charge in [-0.3, -0.25) is 4.79 Å². The molecule has 182 valence electrons. The molecule has 35 heavy (non-hydrogen) atoms. The monoisotopic (exact) mass is 475 g/mol. The van der Waals surface area contributed by atoms with E-state index in [1.165, 1.54) is 11.1 Å². The van der Waals surface area contributed by atoms with E-state index >= 15 is 0 Å². The minimum absolute atomic E-state index is 0.00900. The van der Waals surface area contributed by atoms with Crippen LogP contribution in [0.3, 0.4) is 0 Å². The summed E-state index contributed by atoms with van der Waals surface area (Å²) < 4.78 is 11.1. The predicted octanol–water partition coefficient (Wildman–Crippen LogP) is 1.76. The molecular formula is C25H29N7O3. The number of ether oxygens (including phenoxy) is 2. The zero-order valence-corrected chi connectivity index (χ0v) is 19.8. The first kappa shape index (κ1) is 21.9. The van der Waals surface area contributed by atoms with Crippen LogP contribution in [-0.4, -0.2) is 59.9 Å². The number of carbonyl (C=O) groups is 1. The molecule has 2 fully saturated rings. The number of aliphatic imine (C=N–C) groups is 1. The Bertz CT molecular complexity index is 1210. The summed E-state index contributed by atoms with van der Waals surface area (Å²) in [7, 11) is 0. The number of amides is 1. The maximum Gasteiger partial charge on any atom is 0.274 e. The molecule has 2 aromatic rings. The van der Waals surface area contributed by atoms with Crippen molar-refractivity contribution in [3.05, 3.63) is 59.3 Å². The number of rotatable bonds is 5. The van der Waals surface area contributed by atoms with E-state index in [0.29, 0.717) is 36.4 Å². The third-order valence-electron chi connectivity index (χ3n) is 6.50. The van der Waals surface area contributed by atoms with E-state index in [-0.39, 0.29) is 18.1 Å². The third kappa shape index (κ3) is 4.08. The highest BCUT2D eigenvalue weighted by Gasteiger charge is 2.46. The molecule has 1 aromatic heterocycles. The van der Waals surface area contributed by atoms with Gasteiger partial charge in [-0.2, -0.15) is 4.98 Å². The fourth-order valence-electron chi connectivity index (χ4n) is 4.69. The highest BCUT2D eigenvalue weighted by molar-refractivity contribution is 6.04. The van der Waals surface area contributed by atoms with E-state index in [1.807, 2.05) is 37.1 Å². The van der Waals surface area contributed by atoms with Crippen molar-refractivity contribution in [2.24, 2.45) is 4.99 Å². The predicted molar refractivity (Wildman–Crippen MR) is 132 cm³/mol. The Morgan fingerprint density at radius 1 is 1.20 bits per heavy atom. The molecule has 0 aliphatic carbocycles. The van der Waals surface area contributed by atoms with Crippen LogP contribution in [0.5, 0.6) is 5.88 Å². The Morgan fingerprint density at radius 2 is 2.09 bits per heavy atom. The van der Waals surface area contributed by atoms with Crippen LogP contribution < -0.4 is 25.7 Å². The summed E-state index contributed by atoms with van der Waals surface area (Å²) in [5.41, 5.74) is 4.19. The van der Waals surface area contributed by atoms with Gasteiger partial charge in [0.25, 0.3) is 5.91 Å². The lowest BCUT2D eigenvalue weighted by molar-refractivity contribution is -0.126. The zero-order chi connectivity index (χ0) is 23.9. The van der Waals surface area contributed by atoms with Gasteiger partial charge in [-0.25, -0.2) is 15.0 Å². The van der Waals surface area contributed by atoms with Crippen LogP contribution >= 0.6 is 0 Å². The Hall–Kier alpha value is -3.63. The molecule has 1 unspecified atom stereocenters. The third-order valence-corrected chi connectivity index (χ3v) is 6.50. The second-order valence-electron chi connectivity index (χ2n) is 9.33. The maximum atomic E-state index is 13.3. The summed E-state index contributed by atoms with van der Waals surface area (Å²) in [4.78, 5) is 22.9. The van der Waals surface area contributed by atoms with Gasteiger partial charge < -0.3 is 25.4 Å². The zero-order valence-electron chi connectivity index (χ0n) is 19.8. The first-order valence-electron chi connectivity index (χ1n) is 12.0. The number of hydrogen-bond donors (Lipinski definition) is 3. The Kier molecular flexibility index (Phi) is 5.54. The van der Waals surface area contributed by atoms with Crippen molar-refractivity contribution >= 4 is 23.4 Å². The number of carbonyl (C=O) groups excluding carboxylic acids is 1. The standard InChI is InChI=1S/C25H29N7O3/c1-15(2)31-24(33)20-12-27-25(28-18-7-6-17-11-26-9-8-16(17)10-18)30-23(20)32(31)21-4-3-5-22(29-21)35-19-13-34-14-19/h3-7,10,12,15,19,23,26H,8-9,11,13-14H2,1-2H3,(H2,27,28,30). The number of benzene rings is 1. The van der Waals surface area contributed by atoms with Crippen molar-refractivity contribution in [1.29, 1.82) is 0 Å². The van der Waals surface area contributed by atoms with Crippen LogP contribution in [0.25, 0.3) is 0 Å². The van der Waals surface area contributed by atoms with E-state index in [1.54, 1.807) is 11.2 Å². The fraction of sp³-hybridized carbons (Fsp3) is 0.400. The molecule has 4 aliphatic rings. The second-order valence-corrected chi connectivity index (χ2v) is 9.33. The van der Waals surface area contributed by atoms with Crippen molar-refractivity contribution in [1.82, 2.24) is 20.6 Å². The van der Waals surface area contributed by atoms with Crippen molar-refractivity contribution in [3.63, 3.8) is 0 Å². The molecule has 6 rings (SSSR count). The molecule has 1 atom stereocenters. The largest absolute Gasteiger partial charge is 0.469 e. The summed E-state index contributed by atoms with van der Waals surface area (Å²) in [6.45, 7) is 6.96. The van der Waals surface area contributed by atoms with Crippen molar-refractivity contribution in [2.75, 3.05) is 30.1 Å². The average Bonchev–Trinajstić information content (AvgIpc) is 3.13. The van der Waals surface area contributed by atoms with Crippen molar-refractivity contribution < 1.29 is 14.3 Å². The van der Waals surface area contributed by atoms with Gasteiger partial charge in [-0.1, -0.05) is 12.1 Å². The average molecular weight is 476 g/mol. The molecule has 1 amide bonds. The molecule has 10 nitrogen and oxygen atoms in total. The number of anilines is 2. The second kappa shape index (κ2) is 8.86. The van der Waals surface area contributed by atoms with Crippen LogP contribution in [0, 0.1) is 0 Å². The molecule has 3 N–H and O–H groups in total. The first-order valence-corrected chi connectivity index (χ1v) is 12.0. The van der Waals surface area contributed by atoms with E-state index in [9.17, 15) is 4.79 Å². The summed E-state index contributed by atoms with van der Waals surface area (Å²) in [6.07, 6.45) is 2.21. The summed E-state index contributed by atoms with van der Waals surface area (Å²) >= 11 is 0. The summed E-state index contributed by atoms with van der Waals surface area (Å²) in [6, 6.07) is 11.9. The van der Waals surface area contributed by atoms with E-state index < -0.39 is 6.17 Å². The van der Waals surface area contributed by atoms with Crippen molar-refractivity contribution in [2.45, 2.75) is 45.1 Å². The molecule has 1 aromatic carbocycles. The number of hydrogen-bond acceptors (Lipinski definition) is 9. The lowest BCUT2D eigenvalue weighted by Gasteiger charge is -2.34. The van der Waals surface area contributed by atoms with E-state index in [2.05, 4.69) is 34.1 Å². The normalized spacial score (nSPS) is 21.6. The van der Waals surface area contributed by atoms with E-state index in [0.717, 1.165) is 25.2 Å². The van der Waals surface area contributed by atoms with Gasteiger partial charge in [0.05, 0.1) is 18.8 Å². The molecule has 0 spiro atoms. The molecule has 0 saturated carbocycles. The van der Waals surface area contributed by atoms with Crippen LogP contribution in [0.15, 0.2) is 53.2 Å². The highest BCUT2D eigenvalue weighted by Crippen LogP contribution is 2.34. The van der Waals surface area contributed by atoms with Gasteiger partial charge in [0.1, 0.15) is 6.10 Å². The number of nitrogens with one attached hydrogen (secondary N) is 3. The maximum absolute atomic E-state index is 13.3. The fourth-order valence-corrected chi connectivity index (χ4v) is 4.69. The first-order chi connectivity index (χ1) is 17.1. The summed E-state index contributed by atoms with van der Waals surface area (Å²) in [5, 5.41) is 13.5. The highest BCUT2D eigenvalue weighted by atomic mass is 16.6. The quantitative estimate of drug-likeness (QED) is 0.601. The van der Waals surface area contributed by atoms with Crippen LogP contribution in [0.4, 0.5) is 11.5 Å². The topological polar surface area (TPSA) is 103 Å². The lowest BCUT2D eigenvalue weighted by Crippen LogP contribution is -2.47. The van der Waals surface area contributed by atoms with Gasteiger partial charge in [-0.05, 0) is 56.1 Å². The molecule has 0 radical (unpaired) electrons. The molecule has 10 heteroatoms. The minimum atomic E-state index is -0.537. The van der Waals surface area contributed by atoms with Crippen LogP contribution in [-0.2, 0) is 22.5 Å². The molecule has 5 heterocycles. The summed E-state index contributed by atoms with van der Waals surface area (Å²) in [5.74, 6) is 1.59. The Balaban J connectivity index is 1.30. The van der Waals surface area contributed by atoms with E-state index in [4.69, 9.17) is 19.5 Å². The van der Waals surface area contributed by atoms with Crippen LogP contribution in [0.2, 0.25) is 0 Å². The van der Waals surface area contributed by atoms with Gasteiger partial charge in [-0.15, -0.1) is 0 Å². The lowest BCUT2D eigenvalue weighted by atomic mass is 10.0. The molecule has 4 aliphatic heterocycles. The van der Waals surface area contributed by atoms with Gasteiger partial charge in [0, 0.05) is 30.5 Å². The number of aromatic nitrogens is 1.